The number of carbonyl (C=O) groups is 8. The lowest BCUT2D eigenvalue weighted by Crippen LogP contribution is -2.61. The summed E-state index contributed by atoms with van der Waals surface area (Å²) in [5, 5.41) is 26.8. The second kappa shape index (κ2) is 23.5. The maximum absolute atomic E-state index is 13.4. The van der Waals surface area contributed by atoms with E-state index in [2.05, 4.69) is 37.2 Å². The predicted molar refractivity (Wildman–Crippen MR) is 194 cm³/mol. The van der Waals surface area contributed by atoms with Gasteiger partial charge >= 0.3 is 5.97 Å². The lowest BCUT2D eigenvalue weighted by molar-refractivity contribution is -0.142. The highest BCUT2D eigenvalue weighted by Crippen LogP contribution is 2.12. The van der Waals surface area contributed by atoms with Gasteiger partial charge in [-0.1, -0.05) is 61.8 Å². The number of nitrogens with two attached hydrogens (primary N) is 1. The fourth-order valence-corrected chi connectivity index (χ4v) is 5.03. The van der Waals surface area contributed by atoms with Gasteiger partial charge in [-0.3, -0.25) is 38.4 Å². The van der Waals surface area contributed by atoms with E-state index in [4.69, 9.17) is 5.73 Å². The Bertz CT molecular complexity index is 1220. The molecule has 0 aliphatic heterocycles. The number of carboxylic acid groups (broad SMARTS) is 1. The van der Waals surface area contributed by atoms with Gasteiger partial charge in [0.1, 0.15) is 30.2 Å². The third-order valence-electron chi connectivity index (χ3n) is 8.12. The summed E-state index contributed by atoms with van der Waals surface area (Å²) in [6.07, 6.45) is 2.82. The first-order valence-electron chi connectivity index (χ1n) is 17.2. The molecule has 0 spiro atoms. The summed E-state index contributed by atoms with van der Waals surface area (Å²) in [6.45, 7) is 14.0. The monoisotopic (exact) mass is 744 g/mol. The van der Waals surface area contributed by atoms with E-state index < -0.39 is 108 Å². The van der Waals surface area contributed by atoms with Crippen molar-refractivity contribution in [1.82, 2.24) is 37.2 Å². The van der Waals surface area contributed by atoms with Crippen LogP contribution in [0.5, 0.6) is 0 Å². The molecule has 0 saturated carbocycles. The molecule has 292 valence electrons. The molecule has 0 aliphatic carbocycles. The minimum atomic E-state index is -1.24. The van der Waals surface area contributed by atoms with Crippen LogP contribution < -0.4 is 43.0 Å². The number of hydrogen-bond acceptors (Lipinski definition) is 10. The molecule has 0 fully saturated rings. The Morgan fingerprint density at radius 3 is 1.49 bits per heavy atom. The van der Waals surface area contributed by atoms with Gasteiger partial charge in [0.2, 0.25) is 41.4 Å². The first-order chi connectivity index (χ1) is 23.7. The van der Waals surface area contributed by atoms with E-state index in [1.165, 1.54) is 6.92 Å². The van der Waals surface area contributed by atoms with E-state index >= 15 is 0 Å². The molecule has 7 atom stereocenters. The molecule has 0 aliphatic rings. The molecule has 7 amide bonds. The van der Waals surface area contributed by atoms with Crippen LogP contribution >= 0.6 is 11.8 Å². The first-order valence-corrected chi connectivity index (χ1v) is 18.6. The predicted octanol–water partition coefficient (Wildman–Crippen LogP) is -1.16. The molecule has 0 saturated heterocycles. The van der Waals surface area contributed by atoms with Crippen LogP contribution in [0.15, 0.2) is 0 Å². The molecule has 0 radical (unpaired) electrons. The van der Waals surface area contributed by atoms with Crippen LogP contribution in [0, 0.1) is 23.7 Å². The number of hydrogen-bond donors (Lipinski definition) is 9. The number of aliphatic carboxylic acids is 1. The summed E-state index contributed by atoms with van der Waals surface area (Å²) < 4.78 is 0. The average Bonchev–Trinajstić information content (AvgIpc) is 3.06. The third-order valence-corrected chi connectivity index (χ3v) is 8.76. The molecule has 0 aromatic heterocycles. The van der Waals surface area contributed by atoms with Crippen molar-refractivity contribution in [2.24, 2.45) is 29.4 Å². The topological polar surface area (TPSA) is 267 Å². The molecule has 0 bridgehead atoms. The summed E-state index contributed by atoms with van der Waals surface area (Å²) in [6, 6.07) is -6.19. The summed E-state index contributed by atoms with van der Waals surface area (Å²) >= 11 is 1.54. The normalized spacial score (nSPS) is 15.3. The fraction of sp³-hybridized carbons (Fsp3) is 0.758. The minimum absolute atomic E-state index is 0.301. The van der Waals surface area contributed by atoms with Gasteiger partial charge in [-0.15, -0.1) is 0 Å². The summed E-state index contributed by atoms with van der Waals surface area (Å²) in [5.41, 5.74) is 5.90. The second-order valence-electron chi connectivity index (χ2n) is 13.6. The Balaban J connectivity index is 5.35. The van der Waals surface area contributed by atoms with E-state index in [0.29, 0.717) is 18.6 Å². The Morgan fingerprint density at radius 2 is 1.02 bits per heavy atom. The van der Waals surface area contributed by atoms with Crippen molar-refractivity contribution >= 4 is 59.1 Å². The molecule has 17 nitrogen and oxygen atoms in total. The van der Waals surface area contributed by atoms with Gasteiger partial charge in [0.05, 0.1) is 19.1 Å². The maximum atomic E-state index is 13.4. The van der Waals surface area contributed by atoms with Gasteiger partial charge in [0.15, 0.2) is 0 Å². The highest BCUT2D eigenvalue weighted by Gasteiger charge is 2.34. The average molecular weight is 745 g/mol. The molecule has 0 heterocycles. The van der Waals surface area contributed by atoms with Crippen LogP contribution in [0.2, 0.25) is 0 Å². The van der Waals surface area contributed by atoms with Crippen molar-refractivity contribution in [3.63, 3.8) is 0 Å². The zero-order valence-corrected chi connectivity index (χ0v) is 32.3. The van der Waals surface area contributed by atoms with Crippen LogP contribution in [0.25, 0.3) is 0 Å². The molecule has 0 aromatic rings. The number of thioether (sulfide) groups is 1. The molecule has 7 unspecified atom stereocenters. The number of nitrogens with one attached hydrogen (secondary N) is 7. The Morgan fingerprint density at radius 1 is 0.588 bits per heavy atom. The van der Waals surface area contributed by atoms with Gasteiger partial charge in [-0.25, -0.2) is 0 Å². The standard InChI is InChI=1S/C33H60N8O9S/c1-11-19(8)27(32(48)37-20(9)33(49)50)41-31(47)26(18(6)7)40-30(46)25(17(4)5)38-23(43)15-35-22(42)14-36-29(45)24(16(2)3)39-28(44)21(34)12-13-51-10/h16-21,24-27H,11-15,34H2,1-10H3,(H,35,42)(H,36,45)(H,37,48)(H,38,43)(H,39,44)(H,40,46)(H,41,47)(H,49,50). The lowest BCUT2D eigenvalue weighted by Gasteiger charge is -2.30. The van der Waals surface area contributed by atoms with E-state index in [9.17, 15) is 43.5 Å². The summed E-state index contributed by atoms with van der Waals surface area (Å²) in [5.74, 6) is -6.59. The second-order valence-corrected chi connectivity index (χ2v) is 14.6. The zero-order chi connectivity index (χ0) is 39.6. The fourth-order valence-electron chi connectivity index (χ4n) is 4.54. The van der Waals surface area contributed by atoms with Crippen LogP contribution in [-0.2, 0) is 38.4 Å². The minimum Gasteiger partial charge on any atom is -0.480 e. The SMILES string of the molecule is CCC(C)C(NC(=O)C(NC(=O)C(NC(=O)CNC(=O)CNC(=O)C(NC(=O)C(N)CCSC)C(C)C)C(C)C)C(C)C)C(=O)NC(C)C(=O)O. The van der Waals surface area contributed by atoms with Crippen LogP contribution in [0.3, 0.4) is 0 Å². The highest BCUT2D eigenvalue weighted by atomic mass is 32.2. The number of rotatable bonds is 23. The highest BCUT2D eigenvalue weighted by molar-refractivity contribution is 7.98. The van der Waals surface area contributed by atoms with Crippen LogP contribution in [0.1, 0.15) is 75.2 Å². The zero-order valence-electron chi connectivity index (χ0n) is 31.5. The molecule has 0 rings (SSSR count). The number of amides is 7. The quantitative estimate of drug-likeness (QED) is 0.0603. The van der Waals surface area contributed by atoms with Crippen molar-refractivity contribution < 1.29 is 43.5 Å². The Labute approximate surface area is 305 Å². The molecule has 0 aromatic carbocycles. The first kappa shape index (κ1) is 47.1. The molecule has 51 heavy (non-hydrogen) atoms. The van der Waals surface area contributed by atoms with E-state index in [-0.39, 0.29) is 11.8 Å². The van der Waals surface area contributed by atoms with Gasteiger partial charge in [-0.2, -0.15) is 11.8 Å². The number of carbonyl (C=O) groups excluding carboxylic acids is 7. The molecular formula is C33H60N8O9S. The van der Waals surface area contributed by atoms with Crippen molar-refractivity contribution in [1.29, 1.82) is 0 Å². The largest absolute Gasteiger partial charge is 0.480 e. The maximum Gasteiger partial charge on any atom is 0.325 e. The van der Waals surface area contributed by atoms with Gasteiger partial charge in [0.25, 0.3) is 0 Å². The van der Waals surface area contributed by atoms with Crippen molar-refractivity contribution in [3.8, 4) is 0 Å². The Hall–Kier alpha value is -3.93. The Kier molecular flexibility index (Phi) is 21.7. The molecular weight excluding hydrogens is 684 g/mol. The molecule has 18 heteroatoms. The third kappa shape index (κ3) is 17.2. The summed E-state index contributed by atoms with van der Waals surface area (Å²) in [7, 11) is 0. The van der Waals surface area contributed by atoms with E-state index in [1.807, 2.05) is 13.2 Å². The summed E-state index contributed by atoms with van der Waals surface area (Å²) in [4.78, 5) is 101. The number of carboxylic acids is 1. The van der Waals surface area contributed by atoms with Crippen molar-refractivity contribution in [3.05, 3.63) is 0 Å². The van der Waals surface area contributed by atoms with Gasteiger partial charge in [-0.05, 0) is 49.0 Å². The van der Waals surface area contributed by atoms with Crippen molar-refractivity contribution in [2.45, 2.75) is 111 Å². The van der Waals surface area contributed by atoms with Gasteiger partial charge < -0.3 is 48.1 Å². The van der Waals surface area contributed by atoms with E-state index in [1.54, 1.807) is 60.2 Å². The smallest absolute Gasteiger partial charge is 0.325 e. The van der Waals surface area contributed by atoms with Gasteiger partial charge in [0, 0.05) is 0 Å². The lowest BCUT2D eigenvalue weighted by atomic mass is 9.95. The van der Waals surface area contributed by atoms with Crippen molar-refractivity contribution in [2.75, 3.05) is 25.1 Å². The molecule has 10 N–H and O–H groups in total. The van der Waals surface area contributed by atoms with Crippen LogP contribution in [-0.4, -0.2) is 114 Å². The van der Waals surface area contributed by atoms with E-state index in [0.717, 1.165) is 0 Å². The van der Waals surface area contributed by atoms with Crippen LogP contribution in [0.4, 0.5) is 0 Å².